The van der Waals surface area contributed by atoms with Crippen LogP contribution in [0.1, 0.15) is 236 Å². The molecule has 0 bridgehead atoms. The van der Waals surface area contributed by atoms with Gasteiger partial charge in [-0.2, -0.15) is 0 Å². The first-order chi connectivity index (χ1) is 42.6. The summed E-state index contributed by atoms with van der Waals surface area (Å²) >= 11 is 0. The summed E-state index contributed by atoms with van der Waals surface area (Å²) in [6, 6.07) is 9.78. The normalized spacial score (nSPS) is 14.8. The van der Waals surface area contributed by atoms with Crippen LogP contribution in [0.15, 0.2) is 71.7 Å². The summed E-state index contributed by atoms with van der Waals surface area (Å²) in [5.41, 5.74) is 26.7. The van der Waals surface area contributed by atoms with E-state index in [0.29, 0.717) is 128 Å². The number of ether oxygens (including phenoxy) is 9. The lowest BCUT2D eigenvalue weighted by molar-refractivity contribution is 0.235. The largest absolute Gasteiger partial charge is 0.489 e. The first-order valence-corrected chi connectivity index (χ1v) is 34.5. The summed E-state index contributed by atoms with van der Waals surface area (Å²) < 4.78 is 58.9. The van der Waals surface area contributed by atoms with Crippen molar-refractivity contribution in [2.75, 3.05) is 75.4 Å². The molecular formula is C72H120N6O9. The topological polar surface area (TPSA) is 197 Å². The van der Waals surface area contributed by atoms with Gasteiger partial charge in [-0.25, -0.2) is 0 Å². The zero-order valence-corrected chi connectivity index (χ0v) is 55.8. The van der Waals surface area contributed by atoms with Gasteiger partial charge >= 0.3 is 0 Å². The van der Waals surface area contributed by atoms with Crippen LogP contribution in [0.3, 0.4) is 0 Å². The number of nitrogens with one attached hydrogen (secondary N) is 3. The molecule has 0 spiro atoms. The Morgan fingerprint density at radius 3 is 0.586 bits per heavy atom. The molecule has 9 N–H and O–H groups in total. The molecule has 0 aliphatic heterocycles. The van der Waals surface area contributed by atoms with Crippen molar-refractivity contribution < 1.29 is 42.6 Å². The second-order valence-electron chi connectivity index (χ2n) is 23.2. The molecule has 0 saturated heterocycles. The first kappa shape index (κ1) is 73.8. The molecule has 0 radical (unpaired) electrons. The highest BCUT2D eigenvalue weighted by Crippen LogP contribution is 2.45. The Morgan fingerprint density at radius 2 is 0.425 bits per heavy atom. The fourth-order valence-electron chi connectivity index (χ4n) is 10.0. The molecule has 87 heavy (non-hydrogen) atoms. The van der Waals surface area contributed by atoms with E-state index in [1.807, 2.05) is 55.0 Å². The summed E-state index contributed by atoms with van der Waals surface area (Å²) in [5, 5.41) is 10.8. The second-order valence-corrected chi connectivity index (χ2v) is 23.2. The maximum absolute atomic E-state index is 7.45. The Balaban J connectivity index is 1.93. The van der Waals surface area contributed by atoms with Gasteiger partial charge in [0.1, 0.15) is 0 Å². The highest BCUT2D eigenvalue weighted by molar-refractivity contribution is 5.67. The number of hydrogen-bond acceptors (Lipinski definition) is 15. The van der Waals surface area contributed by atoms with Crippen LogP contribution in [-0.2, 0) is 0 Å². The summed E-state index contributed by atoms with van der Waals surface area (Å²) in [5.74, 6) is 5.66. The molecule has 15 nitrogen and oxygen atoms in total. The summed E-state index contributed by atoms with van der Waals surface area (Å²) in [4.78, 5) is 0. The molecule has 1 aliphatic rings. The predicted molar refractivity (Wildman–Crippen MR) is 364 cm³/mol. The van der Waals surface area contributed by atoms with Crippen molar-refractivity contribution in [1.82, 2.24) is 0 Å². The third-order valence-corrected chi connectivity index (χ3v) is 15.4. The summed E-state index contributed by atoms with van der Waals surface area (Å²) in [7, 11) is 0. The molecule has 0 atom stereocenters. The van der Waals surface area contributed by atoms with E-state index in [0.717, 1.165) is 190 Å². The van der Waals surface area contributed by atoms with Gasteiger partial charge in [0.2, 0.25) is 17.2 Å². The molecule has 15 heteroatoms. The van der Waals surface area contributed by atoms with E-state index < -0.39 is 18.1 Å². The maximum Gasteiger partial charge on any atom is 0.203 e. The van der Waals surface area contributed by atoms with Crippen LogP contribution in [0, 0.1) is 0 Å². The van der Waals surface area contributed by atoms with Crippen molar-refractivity contribution in [3.63, 3.8) is 0 Å². The molecule has 1 fully saturated rings. The van der Waals surface area contributed by atoms with Crippen LogP contribution in [0.4, 0.5) is 17.1 Å². The molecule has 0 heterocycles. The minimum absolute atomic E-state index is 0.552. The molecule has 3 aromatic rings. The lowest BCUT2D eigenvalue weighted by Gasteiger charge is -2.37. The number of anilines is 3. The van der Waals surface area contributed by atoms with Crippen molar-refractivity contribution in [3.05, 3.63) is 71.7 Å². The fraction of sp³-hybridized carbons (Fsp3) is 0.667. The summed E-state index contributed by atoms with van der Waals surface area (Å²) in [6.07, 6.45) is 33.4. The average molecular weight is 1210 g/mol. The molecule has 0 aromatic heterocycles. The summed E-state index contributed by atoms with van der Waals surface area (Å²) in [6.45, 7) is 24.7. The SMILES string of the molecule is CCCCCOc1cc(NC=C2C(N)C(=CNc3cc(OCCCCC)c(OCCCCC)c(OCCCCC)c3)C(N)C(=CNc3cc(OCCCCC)c(OCCCCC)c(OCCCCC)c3)C2N)cc(OCCCCC)c1OCCCCC. The third kappa shape index (κ3) is 26.9. The Labute approximate surface area is 527 Å². The van der Waals surface area contributed by atoms with Crippen LogP contribution in [0.5, 0.6) is 51.7 Å². The maximum atomic E-state index is 7.45. The van der Waals surface area contributed by atoms with Crippen molar-refractivity contribution in [3.8, 4) is 51.7 Å². The van der Waals surface area contributed by atoms with Gasteiger partial charge in [0.15, 0.2) is 34.5 Å². The zero-order chi connectivity index (χ0) is 62.7. The van der Waals surface area contributed by atoms with Gasteiger partial charge in [-0.05, 0) is 74.5 Å². The van der Waals surface area contributed by atoms with Crippen molar-refractivity contribution in [2.24, 2.45) is 17.2 Å². The number of nitrogens with two attached hydrogens (primary N) is 3. The number of hydrogen-bond donors (Lipinski definition) is 6. The van der Waals surface area contributed by atoms with E-state index in [-0.39, 0.29) is 0 Å². The van der Waals surface area contributed by atoms with E-state index >= 15 is 0 Å². The molecule has 1 aliphatic carbocycles. The minimum atomic E-state index is -0.714. The second kappa shape index (κ2) is 45.6. The molecule has 492 valence electrons. The molecule has 0 unspecified atom stereocenters. The van der Waals surface area contributed by atoms with Crippen LogP contribution in [0.2, 0.25) is 0 Å². The third-order valence-electron chi connectivity index (χ3n) is 15.4. The lowest BCUT2D eigenvalue weighted by atomic mass is 9.77. The smallest absolute Gasteiger partial charge is 0.203 e. The van der Waals surface area contributed by atoms with E-state index in [2.05, 4.69) is 78.3 Å². The van der Waals surface area contributed by atoms with E-state index in [9.17, 15) is 0 Å². The average Bonchev–Trinajstić information content (AvgIpc) is 3.70. The van der Waals surface area contributed by atoms with Gasteiger partial charge in [-0.3, -0.25) is 0 Å². The molecule has 3 aromatic carbocycles. The van der Waals surface area contributed by atoms with Gasteiger partial charge in [0, 0.05) is 72.1 Å². The van der Waals surface area contributed by atoms with Gasteiger partial charge in [0.25, 0.3) is 0 Å². The van der Waals surface area contributed by atoms with Gasteiger partial charge in [0.05, 0.1) is 77.6 Å². The number of rotatable bonds is 51. The molecule has 1 saturated carbocycles. The Morgan fingerprint density at radius 1 is 0.264 bits per heavy atom. The number of unbranched alkanes of at least 4 members (excludes halogenated alkanes) is 18. The number of benzene rings is 3. The van der Waals surface area contributed by atoms with Crippen molar-refractivity contribution in [1.29, 1.82) is 0 Å². The van der Waals surface area contributed by atoms with E-state index in [4.69, 9.17) is 59.8 Å². The quantitative estimate of drug-likeness (QED) is 0.0292. The Kier molecular flexibility index (Phi) is 38.7. The van der Waals surface area contributed by atoms with Gasteiger partial charge in [-0.15, -0.1) is 0 Å². The van der Waals surface area contributed by atoms with Crippen molar-refractivity contribution >= 4 is 17.1 Å². The van der Waals surface area contributed by atoms with Crippen LogP contribution in [-0.4, -0.2) is 77.6 Å². The highest BCUT2D eigenvalue weighted by atomic mass is 16.6. The van der Waals surface area contributed by atoms with Crippen LogP contribution >= 0.6 is 0 Å². The Bertz CT molecular complexity index is 2030. The molecular weight excluding hydrogens is 1090 g/mol. The fourth-order valence-corrected chi connectivity index (χ4v) is 10.0. The van der Waals surface area contributed by atoms with Crippen molar-refractivity contribution in [2.45, 2.75) is 254 Å². The monoisotopic (exact) mass is 1210 g/mol. The highest BCUT2D eigenvalue weighted by Gasteiger charge is 2.36. The van der Waals surface area contributed by atoms with Crippen LogP contribution < -0.4 is 75.8 Å². The van der Waals surface area contributed by atoms with Gasteiger partial charge < -0.3 is 75.8 Å². The predicted octanol–water partition coefficient (Wildman–Crippen LogP) is 18.1. The molecule has 0 amide bonds. The zero-order valence-electron chi connectivity index (χ0n) is 55.8. The lowest BCUT2D eigenvalue weighted by Crippen LogP contribution is -2.52. The van der Waals surface area contributed by atoms with E-state index in [1.165, 1.54) is 0 Å². The van der Waals surface area contributed by atoms with Gasteiger partial charge in [-0.1, -0.05) is 178 Å². The Hall–Kier alpha value is -5.64. The van der Waals surface area contributed by atoms with E-state index in [1.54, 1.807) is 0 Å². The molecule has 4 rings (SSSR count). The standard InChI is InChI=1S/C72H120N6O9/c1-10-19-28-37-79-61-46-55(47-62(80-38-29-20-11-2)70(61)85-43-34-25-16-7)76-52-58-67(73)59(53-77-56-48-63(81-39-30-21-12-3)71(86-44-35-26-17-8)64(49-56)82-40-31-22-13-4)69(75)60(68(58)74)54-78-57-50-65(83-41-32-23-14-5)72(87-45-36-27-18-9)66(51-57)84-42-33-24-15-6/h46-54,67-69,76-78H,10-45,73-75H2,1-9H3. The first-order valence-electron chi connectivity index (χ1n) is 34.5. The minimum Gasteiger partial charge on any atom is -0.489 e. The van der Waals surface area contributed by atoms with Crippen LogP contribution in [0.25, 0.3) is 0 Å².